The number of phenols is 1. The molecule has 0 radical (unpaired) electrons. The Hall–Kier alpha value is -3.41. The summed E-state index contributed by atoms with van der Waals surface area (Å²) in [7, 11) is 0. The van der Waals surface area contributed by atoms with Crippen LogP contribution in [0, 0.1) is 6.92 Å². The Balaban J connectivity index is 1.32. The Morgan fingerprint density at radius 3 is 2.59 bits per heavy atom. The summed E-state index contributed by atoms with van der Waals surface area (Å²) < 4.78 is 39.6. The zero-order chi connectivity index (χ0) is 24.5. The van der Waals surface area contributed by atoms with E-state index in [2.05, 4.69) is 15.4 Å². The van der Waals surface area contributed by atoms with Crippen LogP contribution in [0.5, 0.6) is 5.75 Å². The van der Waals surface area contributed by atoms with Gasteiger partial charge in [0.05, 0.1) is 10.6 Å². The number of aryl methyl sites for hydroxylation is 1. The molecule has 0 unspecified atom stereocenters. The minimum atomic E-state index is -4.55. The second kappa shape index (κ2) is 9.45. The summed E-state index contributed by atoms with van der Waals surface area (Å²) in [6, 6.07) is 7.15. The highest BCUT2D eigenvalue weighted by Gasteiger charge is 2.35. The molecule has 12 heteroatoms. The highest BCUT2D eigenvalue weighted by molar-refractivity contribution is 7.10. The molecule has 0 spiro atoms. The predicted molar refractivity (Wildman–Crippen MR) is 119 cm³/mol. The fourth-order valence-corrected chi connectivity index (χ4v) is 4.72. The number of aromatic hydroxyl groups is 1. The van der Waals surface area contributed by atoms with Crippen molar-refractivity contribution in [1.82, 2.24) is 19.7 Å². The molecular formula is C22H22F3N5O3S. The van der Waals surface area contributed by atoms with Crippen LogP contribution in [0.1, 0.15) is 45.5 Å². The number of para-hydroxylation sites is 1. The number of anilines is 1. The van der Waals surface area contributed by atoms with E-state index in [0.29, 0.717) is 31.7 Å². The molecule has 180 valence electrons. The Kier molecular flexibility index (Phi) is 6.60. The standard InChI is InChI=1S/C22H22F3N5O3S/c1-13-10-17(22(23,24)25)28-30(13)11-19(32)29-8-6-14(7-9-29)21-27-18(12-34-21)26-20(33)15-4-2-3-5-16(15)31/h2-5,10,12,14,31H,6-9,11H2,1H3,(H,26,33). The van der Waals surface area contributed by atoms with Crippen LogP contribution < -0.4 is 5.32 Å². The number of hydrogen-bond donors (Lipinski definition) is 2. The molecule has 1 fully saturated rings. The molecule has 2 aromatic heterocycles. The molecule has 0 bridgehead atoms. The largest absolute Gasteiger partial charge is 0.507 e. The lowest BCUT2D eigenvalue weighted by Gasteiger charge is -2.31. The molecule has 34 heavy (non-hydrogen) atoms. The van der Waals surface area contributed by atoms with Crippen LogP contribution in [-0.2, 0) is 17.5 Å². The van der Waals surface area contributed by atoms with Crippen molar-refractivity contribution >= 4 is 29.0 Å². The van der Waals surface area contributed by atoms with Gasteiger partial charge in [0.15, 0.2) is 5.69 Å². The van der Waals surface area contributed by atoms with Crippen molar-refractivity contribution in [3.05, 3.63) is 57.7 Å². The molecule has 1 aliphatic rings. The second-order valence-corrected chi connectivity index (χ2v) is 8.91. The summed E-state index contributed by atoms with van der Waals surface area (Å²) in [4.78, 5) is 31.1. The lowest BCUT2D eigenvalue weighted by Crippen LogP contribution is -2.40. The summed E-state index contributed by atoms with van der Waals surface area (Å²) in [5.74, 6) is -0.368. The van der Waals surface area contributed by atoms with Crippen molar-refractivity contribution < 1.29 is 27.9 Å². The Morgan fingerprint density at radius 2 is 1.94 bits per heavy atom. The molecule has 8 nitrogen and oxygen atoms in total. The van der Waals surface area contributed by atoms with Gasteiger partial charge in [0.25, 0.3) is 5.91 Å². The van der Waals surface area contributed by atoms with E-state index < -0.39 is 17.8 Å². The summed E-state index contributed by atoms with van der Waals surface area (Å²) in [5, 5.41) is 18.6. The van der Waals surface area contributed by atoms with Crippen LogP contribution in [0.15, 0.2) is 35.7 Å². The minimum absolute atomic E-state index is 0.105. The number of carbonyl (C=O) groups is 2. The van der Waals surface area contributed by atoms with E-state index in [0.717, 1.165) is 15.8 Å². The summed E-state index contributed by atoms with van der Waals surface area (Å²) in [6.07, 6.45) is -3.25. The summed E-state index contributed by atoms with van der Waals surface area (Å²) in [5.41, 5.74) is -0.582. The van der Waals surface area contributed by atoms with Crippen LogP contribution >= 0.6 is 11.3 Å². The molecule has 1 aliphatic heterocycles. The lowest BCUT2D eigenvalue weighted by molar-refractivity contribution is -0.142. The molecule has 4 rings (SSSR count). The smallest absolute Gasteiger partial charge is 0.435 e. The maximum Gasteiger partial charge on any atom is 0.435 e. The van der Waals surface area contributed by atoms with Crippen LogP contribution in [0.3, 0.4) is 0 Å². The van der Waals surface area contributed by atoms with E-state index in [1.54, 1.807) is 22.4 Å². The van der Waals surface area contributed by atoms with E-state index in [4.69, 9.17) is 0 Å². The third-order valence-electron chi connectivity index (χ3n) is 5.67. The van der Waals surface area contributed by atoms with Gasteiger partial charge in [0, 0.05) is 30.1 Å². The number of carbonyl (C=O) groups excluding carboxylic acids is 2. The Bertz CT molecular complexity index is 1200. The van der Waals surface area contributed by atoms with Crippen LogP contribution in [0.25, 0.3) is 0 Å². The predicted octanol–water partition coefficient (Wildman–Crippen LogP) is 4.03. The molecule has 0 atom stereocenters. The third-order valence-corrected chi connectivity index (χ3v) is 6.67. The number of piperidine rings is 1. The van der Waals surface area contributed by atoms with Crippen LogP contribution in [-0.4, -0.2) is 49.7 Å². The van der Waals surface area contributed by atoms with Gasteiger partial charge in [-0.05, 0) is 38.0 Å². The number of rotatable bonds is 5. The van der Waals surface area contributed by atoms with Crippen molar-refractivity contribution in [1.29, 1.82) is 0 Å². The number of alkyl halides is 3. The number of aromatic nitrogens is 3. The number of likely N-dealkylation sites (tertiary alicyclic amines) is 1. The van der Waals surface area contributed by atoms with E-state index in [1.807, 2.05) is 0 Å². The number of halogens is 3. The monoisotopic (exact) mass is 493 g/mol. The molecule has 2 N–H and O–H groups in total. The van der Waals surface area contributed by atoms with Crippen LogP contribution in [0.2, 0.25) is 0 Å². The number of amides is 2. The first kappa shape index (κ1) is 23.7. The quantitative estimate of drug-likeness (QED) is 0.559. The highest BCUT2D eigenvalue weighted by atomic mass is 32.1. The Morgan fingerprint density at radius 1 is 1.24 bits per heavy atom. The van der Waals surface area contributed by atoms with Gasteiger partial charge in [-0.1, -0.05) is 12.1 Å². The highest BCUT2D eigenvalue weighted by Crippen LogP contribution is 2.32. The van der Waals surface area contributed by atoms with Gasteiger partial charge in [-0.25, -0.2) is 4.98 Å². The summed E-state index contributed by atoms with van der Waals surface area (Å²) in [6.45, 7) is 2.15. The molecule has 3 aromatic rings. The molecule has 3 heterocycles. The zero-order valence-corrected chi connectivity index (χ0v) is 19.0. The lowest BCUT2D eigenvalue weighted by atomic mass is 9.97. The zero-order valence-electron chi connectivity index (χ0n) is 18.2. The molecule has 1 aromatic carbocycles. The molecule has 2 amide bonds. The fourth-order valence-electron chi connectivity index (χ4n) is 3.79. The van der Waals surface area contributed by atoms with Gasteiger partial charge in [-0.3, -0.25) is 14.3 Å². The van der Waals surface area contributed by atoms with Gasteiger partial charge >= 0.3 is 6.18 Å². The maximum atomic E-state index is 12.8. The van der Waals surface area contributed by atoms with Gasteiger partial charge < -0.3 is 15.3 Å². The molecule has 0 aliphatic carbocycles. The van der Waals surface area contributed by atoms with Gasteiger partial charge in [-0.2, -0.15) is 18.3 Å². The second-order valence-electron chi connectivity index (χ2n) is 8.02. The number of thiazole rings is 1. The van der Waals surface area contributed by atoms with E-state index in [-0.39, 0.29) is 35.4 Å². The first-order valence-electron chi connectivity index (χ1n) is 10.6. The Labute approximate surface area is 197 Å². The topological polar surface area (TPSA) is 100 Å². The summed E-state index contributed by atoms with van der Waals surface area (Å²) >= 11 is 1.40. The minimum Gasteiger partial charge on any atom is -0.507 e. The van der Waals surface area contributed by atoms with E-state index >= 15 is 0 Å². The van der Waals surface area contributed by atoms with E-state index in [9.17, 15) is 27.9 Å². The number of nitrogens with one attached hydrogen (secondary N) is 1. The number of nitrogens with zero attached hydrogens (tertiary/aromatic N) is 4. The first-order valence-corrected chi connectivity index (χ1v) is 11.4. The number of hydrogen-bond acceptors (Lipinski definition) is 6. The van der Waals surface area contributed by atoms with Crippen molar-refractivity contribution in [2.45, 2.75) is 38.4 Å². The molecule has 1 saturated heterocycles. The van der Waals surface area contributed by atoms with Crippen molar-refractivity contribution in [3.8, 4) is 5.75 Å². The van der Waals surface area contributed by atoms with Gasteiger partial charge in [0.2, 0.25) is 5.91 Å². The molecular weight excluding hydrogens is 471 g/mol. The van der Waals surface area contributed by atoms with Gasteiger partial charge in [-0.15, -0.1) is 11.3 Å². The SMILES string of the molecule is Cc1cc(C(F)(F)F)nn1CC(=O)N1CCC(c2nc(NC(=O)c3ccccc3O)cs2)CC1. The van der Waals surface area contributed by atoms with Crippen molar-refractivity contribution in [2.24, 2.45) is 0 Å². The number of phenolic OH excluding ortho intramolecular Hbond substituents is 1. The fraction of sp³-hybridized carbons (Fsp3) is 0.364. The van der Waals surface area contributed by atoms with Crippen LogP contribution in [0.4, 0.5) is 19.0 Å². The maximum absolute atomic E-state index is 12.8. The average molecular weight is 494 g/mol. The first-order chi connectivity index (χ1) is 16.1. The third kappa shape index (κ3) is 5.22. The van der Waals surface area contributed by atoms with Crippen molar-refractivity contribution in [2.75, 3.05) is 18.4 Å². The number of benzene rings is 1. The normalized spacial score (nSPS) is 14.9. The van der Waals surface area contributed by atoms with Gasteiger partial charge in [0.1, 0.15) is 18.1 Å². The van der Waals surface area contributed by atoms with E-state index in [1.165, 1.54) is 30.4 Å². The average Bonchev–Trinajstić information content (AvgIpc) is 3.41. The molecule has 0 saturated carbocycles. The van der Waals surface area contributed by atoms with Crippen molar-refractivity contribution in [3.63, 3.8) is 0 Å².